The minimum Gasteiger partial charge on any atom is -0.495 e. The van der Waals surface area contributed by atoms with E-state index >= 15 is 0 Å². The number of aliphatic hydroxyl groups is 1. The first-order valence-corrected chi connectivity index (χ1v) is 4.96. The molecular formula is C11H13ClO3. The molecule has 1 aromatic carbocycles. The Bertz CT molecular complexity index is 374. The first-order valence-electron chi connectivity index (χ1n) is 4.58. The molecule has 0 saturated carbocycles. The second kappa shape index (κ2) is 5.14. The van der Waals surface area contributed by atoms with Gasteiger partial charge in [0.25, 0.3) is 0 Å². The fourth-order valence-corrected chi connectivity index (χ4v) is 1.59. The molecule has 0 heterocycles. The van der Waals surface area contributed by atoms with Crippen LogP contribution in [0.2, 0.25) is 5.02 Å². The second-order valence-corrected chi connectivity index (χ2v) is 3.61. The zero-order valence-corrected chi connectivity index (χ0v) is 9.47. The van der Waals surface area contributed by atoms with Crippen LogP contribution in [0.25, 0.3) is 0 Å². The summed E-state index contributed by atoms with van der Waals surface area (Å²) in [5, 5.41) is 9.09. The molecule has 0 aliphatic heterocycles. The van der Waals surface area contributed by atoms with Crippen LogP contribution in [0.1, 0.15) is 22.3 Å². The van der Waals surface area contributed by atoms with Crippen LogP contribution in [0.15, 0.2) is 12.1 Å². The number of benzene rings is 1. The molecule has 0 unspecified atom stereocenters. The maximum absolute atomic E-state index is 11.6. The van der Waals surface area contributed by atoms with Crippen molar-refractivity contribution < 1.29 is 14.6 Å². The number of rotatable bonds is 4. The van der Waals surface area contributed by atoms with Gasteiger partial charge in [-0.1, -0.05) is 11.6 Å². The van der Waals surface area contributed by atoms with Gasteiger partial charge in [0.2, 0.25) is 0 Å². The summed E-state index contributed by atoms with van der Waals surface area (Å²) in [4.78, 5) is 11.6. The zero-order valence-electron chi connectivity index (χ0n) is 8.71. The van der Waals surface area contributed by atoms with Gasteiger partial charge < -0.3 is 9.84 Å². The Labute approximate surface area is 93.6 Å². The van der Waals surface area contributed by atoms with Crippen LogP contribution >= 0.6 is 11.6 Å². The molecule has 0 atom stereocenters. The largest absolute Gasteiger partial charge is 0.495 e. The maximum Gasteiger partial charge on any atom is 0.165 e. The number of Topliss-reactive ketones (excluding diaryl/α,β-unsaturated/α-hetero) is 1. The number of carbonyl (C=O) groups excluding carboxylic acids is 1. The Balaban J connectivity index is 3.10. The topological polar surface area (TPSA) is 46.5 Å². The van der Waals surface area contributed by atoms with Crippen LogP contribution in [-0.4, -0.2) is 24.6 Å². The zero-order chi connectivity index (χ0) is 11.4. The Morgan fingerprint density at radius 3 is 2.73 bits per heavy atom. The number of hydrogen-bond donors (Lipinski definition) is 1. The van der Waals surface area contributed by atoms with Crippen LogP contribution in [0.4, 0.5) is 0 Å². The van der Waals surface area contributed by atoms with Gasteiger partial charge in [0.1, 0.15) is 5.75 Å². The molecule has 0 aliphatic rings. The van der Waals surface area contributed by atoms with Gasteiger partial charge in [-0.15, -0.1) is 0 Å². The molecule has 0 aliphatic carbocycles. The molecule has 0 spiro atoms. The molecule has 1 rings (SSSR count). The minimum absolute atomic E-state index is 0.112. The first kappa shape index (κ1) is 12.0. The Kier molecular flexibility index (Phi) is 4.12. The predicted octanol–water partition coefficient (Wildman–Crippen LogP) is 2.22. The van der Waals surface area contributed by atoms with Crippen LogP contribution in [-0.2, 0) is 0 Å². The van der Waals surface area contributed by atoms with Gasteiger partial charge in [0.05, 0.1) is 18.7 Å². The number of aryl methyl sites for hydroxylation is 1. The van der Waals surface area contributed by atoms with E-state index in [1.165, 1.54) is 7.11 Å². The van der Waals surface area contributed by atoms with Crippen molar-refractivity contribution in [1.82, 2.24) is 0 Å². The van der Waals surface area contributed by atoms with Crippen LogP contribution in [0.3, 0.4) is 0 Å². The second-order valence-electron chi connectivity index (χ2n) is 3.20. The minimum atomic E-state index is -0.151. The summed E-state index contributed by atoms with van der Waals surface area (Å²) in [6.45, 7) is 1.66. The molecule has 82 valence electrons. The molecule has 0 amide bonds. The lowest BCUT2D eigenvalue weighted by Gasteiger charge is -2.08. The summed E-state index contributed by atoms with van der Waals surface area (Å²) >= 11 is 5.91. The molecule has 0 aromatic heterocycles. The summed E-state index contributed by atoms with van der Waals surface area (Å²) in [7, 11) is 1.52. The molecule has 0 saturated heterocycles. The molecule has 15 heavy (non-hydrogen) atoms. The van der Waals surface area contributed by atoms with Crippen molar-refractivity contribution in [3.8, 4) is 5.75 Å². The van der Waals surface area contributed by atoms with Crippen molar-refractivity contribution in [2.45, 2.75) is 13.3 Å². The van der Waals surface area contributed by atoms with Crippen LogP contribution < -0.4 is 4.74 Å². The van der Waals surface area contributed by atoms with E-state index in [9.17, 15) is 4.79 Å². The van der Waals surface area contributed by atoms with E-state index in [1.807, 2.05) is 6.92 Å². The van der Waals surface area contributed by atoms with Crippen LogP contribution in [0, 0.1) is 6.92 Å². The van der Waals surface area contributed by atoms with Gasteiger partial charge >= 0.3 is 0 Å². The van der Waals surface area contributed by atoms with Crippen LogP contribution in [0.5, 0.6) is 5.75 Å². The fourth-order valence-electron chi connectivity index (χ4n) is 1.35. The van der Waals surface area contributed by atoms with Gasteiger partial charge in [-0.05, 0) is 24.6 Å². The van der Waals surface area contributed by atoms with Gasteiger partial charge in [0.15, 0.2) is 5.78 Å². The number of carbonyl (C=O) groups is 1. The van der Waals surface area contributed by atoms with Crippen molar-refractivity contribution in [3.63, 3.8) is 0 Å². The molecule has 0 radical (unpaired) electrons. The highest BCUT2D eigenvalue weighted by Gasteiger charge is 2.12. The maximum atomic E-state index is 11.6. The standard InChI is InChI=1S/C11H13ClO3/c1-7-5-11(15-2)9(12)6-8(7)10(14)3-4-13/h5-6,13H,3-4H2,1-2H3. The van der Waals surface area contributed by atoms with E-state index in [-0.39, 0.29) is 18.8 Å². The SMILES string of the molecule is COc1cc(C)c(C(=O)CCO)cc1Cl. The van der Waals surface area contributed by atoms with Crippen molar-refractivity contribution in [3.05, 3.63) is 28.3 Å². The van der Waals surface area contributed by atoms with Gasteiger partial charge in [-0.2, -0.15) is 0 Å². The molecule has 3 nitrogen and oxygen atoms in total. The van der Waals surface area contributed by atoms with E-state index in [0.717, 1.165) is 5.56 Å². The number of ether oxygens (including phenoxy) is 1. The summed E-state index contributed by atoms with van der Waals surface area (Å²) in [6, 6.07) is 3.29. The summed E-state index contributed by atoms with van der Waals surface area (Å²) in [5.74, 6) is 0.439. The van der Waals surface area contributed by atoms with Crippen molar-refractivity contribution in [2.24, 2.45) is 0 Å². The third kappa shape index (κ3) is 2.70. The van der Waals surface area contributed by atoms with E-state index in [2.05, 4.69) is 0 Å². The Morgan fingerprint density at radius 2 is 2.20 bits per heavy atom. The smallest absolute Gasteiger partial charge is 0.165 e. The Morgan fingerprint density at radius 1 is 1.53 bits per heavy atom. The van der Waals surface area contributed by atoms with E-state index in [4.69, 9.17) is 21.4 Å². The van der Waals surface area contributed by atoms with Gasteiger partial charge in [0, 0.05) is 12.0 Å². The average molecular weight is 229 g/mol. The Hall–Kier alpha value is -1.06. The van der Waals surface area contributed by atoms with E-state index in [0.29, 0.717) is 16.3 Å². The van der Waals surface area contributed by atoms with E-state index < -0.39 is 0 Å². The lowest BCUT2D eigenvalue weighted by atomic mass is 10.0. The number of ketones is 1. The number of methoxy groups -OCH3 is 1. The number of hydrogen-bond acceptors (Lipinski definition) is 3. The molecular weight excluding hydrogens is 216 g/mol. The van der Waals surface area contributed by atoms with Crippen molar-refractivity contribution in [2.75, 3.05) is 13.7 Å². The highest BCUT2D eigenvalue weighted by Crippen LogP contribution is 2.28. The van der Waals surface area contributed by atoms with Gasteiger partial charge in [-0.3, -0.25) is 4.79 Å². The quantitative estimate of drug-likeness (QED) is 0.804. The predicted molar refractivity (Wildman–Crippen MR) is 58.8 cm³/mol. The molecule has 1 N–H and O–H groups in total. The average Bonchev–Trinajstić information content (AvgIpc) is 2.21. The summed E-state index contributed by atoms with van der Waals surface area (Å²) < 4.78 is 5.03. The lowest BCUT2D eigenvalue weighted by molar-refractivity contribution is 0.0956. The van der Waals surface area contributed by atoms with E-state index in [1.54, 1.807) is 12.1 Å². The third-order valence-electron chi connectivity index (χ3n) is 2.14. The molecule has 0 fully saturated rings. The lowest BCUT2D eigenvalue weighted by Crippen LogP contribution is -2.04. The normalized spacial score (nSPS) is 10.1. The van der Waals surface area contributed by atoms with Gasteiger partial charge in [-0.25, -0.2) is 0 Å². The first-order chi connectivity index (χ1) is 7.10. The summed E-state index contributed by atoms with van der Waals surface area (Å²) in [6.07, 6.45) is 0.115. The number of aliphatic hydroxyl groups excluding tert-OH is 1. The third-order valence-corrected chi connectivity index (χ3v) is 2.43. The van der Waals surface area contributed by atoms with Crippen molar-refractivity contribution in [1.29, 1.82) is 0 Å². The highest BCUT2D eigenvalue weighted by atomic mass is 35.5. The highest BCUT2D eigenvalue weighted by molar-refractivity contribution is 6.32. The fraction of sp³-hybridized carbons (Fsp3) is 0.364. The molecule has 0 bridgehead atoms. The van der Waals surface area contributed by atoms with Crippen molar-refractivity contribution >= 4 is 17.4 Å². The number of halogens is 1. The summed E-state index contributed by atoms with van der Waals surface area (Å²) in [5.41, 5.74) is 1.34. The molecule has 4 heteroatoms. The monoisotopic (exact) mass is 228 g/mol. The molecule has 1 aromatic rings.